The average molecular weight is 327 g/mol. The molecular formula is C16H26FN3OS. The molecule has 0 aliphatic heterocycles. The molecule has 0 aromatic heterocycles. The molecule has 1 rings (SSSR count). The molecule has 0 spiro atoms. The largest absolute Gasteiger partial charge is 0.357 e. The van der Waals surface area contributed by atoms with Crippen molar-refractivity contribution >= 4 is 16.8 Å². The van der Waals surface area contributed by atoms with Gasteiger partial charge in [-0.25, -0.2) is 9.38 Å². The molecular weight excluding hydrogens is 301 g/mol. The van der Waals surface area contributed by atoms with Gasteiger partial charge < -0.3 is 10.6 Å². The Morgan fingerprint density at radius 1 is 1.27 bits per heavy atom. The lowest BCUT2D eigenvalue weighted by atomic mass is 10.2. The maximum Gasteiger partial charge on any atom is 0.191 e. The third kappa shape index (κ3) is 6.56. The van der Waals surface area contributed by atoms with Crippen LogP contribution >= 0.6 is 0 Å². The highest BCUT2D eigenvalue weighted by Gasteiger charge is 2.18. The topological polar surface area (TPSA) is 53.5 Å². The van der Waals surface area contributed by atoms with Crippen molar-refractivity contribution in [1.29, 1.82) is 0 Å². The van der Waals surface area contributed by atoms with E-state index in [1.54, 1.807) is 18.2 Å². The maximum absolute atomic E-state index is 13.6. The predicted molar refractivity (Wildman–Crippen MR) is 92.0 cm³/mol. The van der Waals surface area contributed by atoms with Gasteiger partial charge in [0.1, 0.15) is 5.82 Å². The zero-order valence-corrected chi connectivity index (χ0v) is 14.6. The molecule has 0 amide bonds. The Labute approximate surface area is 135 Å². The summed E-state index contributed by atoms with van der Waals surface area (Å²) in [7, 11) is -0.907. The predicted octanol–water partition coefficient (Wildman–Crippen LogP) is 2.43. The maximum atomic E-state index is 13.6. The van der Waals surface area contributed by atoms with Crippen LogP contribution in [-0.4, -0.2) is 33.8 Å². The molecule has 4 nitrogen and oxygen atoms in total. The minimum atomic E-state index is -0.907. The Balaban J connectivity index is 2.56. The van der Waals surface area contributed by atoms with Gasteiger partial charge in [-0.05, 0) is 33.8 Å². The molecule has 22 heavy (non-hydrogen) atoms. The van der Waals surface area contributed by atoms with Crippen molar-refractivity contribution in [1.82, 2.24) is 10.6 Å². The summed E-state index contributed by atoms with van der Waals surface area (Å²) in [6.07, 6.45) is 0. The molecule has 1 aromatic rings. The van der Waals surface area contributed by atoms with E-state index < -0.39 is 10.8 Å². The first kappa shape index (κ1) is 18.6. The van der Waals surface area contributed by atoms with Gasteiger partial charge in [0.2, 0.25) is 0 Å². The molecule has 1 unspecified atom stereocenters. The minimum absolute atomic E-state index is 0.218. The standard InChI is InChI=1S/C16H26FN3OS/c1-5-18-15(19-10-11-22(21)16(2,3)4)20-12-13-8-6-7-9-14(13)17/h6-9H,5,10-12H2,1-4H3,(H2,18,19,20). The highest BCUT2D eigenvalue weighted by Crippen LogP contribution is 2.10. The molecule has 0 bridgehead atoms. The van der Waals surface area contributed by atoms with Gasteiger partial charge in [-0.1, -0.05) is 18.2 Å². The number of aliphatic imine (C=N–C) groups is 1. The summed E-state index contributed by atoms with van der Waals surface area (Å²) in [5.74, 6) is 0.903. The lowest BCUT2D eigenvalue weighted by molar-refractivity contribution is 0.610. The number of nitrogens with one attached hydrogen (secondary N) is 2. The van der Waals surface area contributed by atoms with Gasteiger partial charge in [-0.3, -0.25) is 4.21 Å². The Morgan fingerprint density at radius 3 is 2.55 bits per heavy atom. The average Bonchev–Trinajstić information content (AvgIpc) is 2.45. The molecule has 0 radical (unpaired) electrons. The Bertz CT molecular complexity index is 526. The summed E-state index contributed by atoms with van der Waals surface area (Å²) < 4.78 is 25.3. The quantitative estimate of drug-likeness (QED) is 0.623. The van der Waals surface area contributed by atoms with E-state index in [0.29, 0.717) is 30.4 Å². The van der Waals surface area contributed by atoms with Gasteiger partial charge in [0.25, 0.3) is 0 Å². The second kappa shape index (κ2) is 8.88. The first-order valence-corrected chi connectivity index (χ1v) is 8.80. The van der Waals surface area contributed by atoms with Crippen LogP contribution in [0.2, 0.25) is 0 Å². The van der Waals surface area contributed by atoms with E-state index in [0.717, 1.165) is 0 Å². The molecule has 2 N–H and O–H groups in total. The van der Waals surface area contributed by atoms with Crippen molar-refractivity contribution in [2.45, 2.75) is 39.0 Å². The van der Waals surface area contributed by atoms with Crippen LogP contribution < -0.4 is 10.6 Å². The van der Waals surface area contributed by atoms with Crippen LogP contribution in [0, 0.1) is 5.82 Å². The fourth-order valence-electron chi connectivity index (χ4n) is 1.70. The molecule has 0 saturated carbocycles. The number of nitrogens with zero attached hydrogens (tertiary/aromatic N) is 1. The van der Waals surface area contributed by atoms with Crippen molar-refractivity contribution in [2.24, 2.45) is 4.99 Å². The van der Waals surface area contributed by atoms with Crippen molar-refractivity contribution in [3.8, 4) is 0 Å². The third-order valence-electron chi connectivity index (χ3n) is 2.97. The van der Waals surface area contributed by atoms with Gasteiger partial charge in [0.05, 0.1) is 6.54 Å². The summed E-state index contributed by atoms with van der Waals surface area (Å²) in [6, 6.07) is 6.60. The normalized spacial score (nSPS) is 13.8. The van der Waals surface area contributed by atoms with E-state index >= 15 is 0 Å². The second-order valence-corrected chi connectivity index (χ2v) is 8.20. The minimum Gasteiger partial charge on any atom is -0.357 e. The summed E-state index contributed by atoms with van der Waals surface area (Å²) in [6.45, 7) is 9.39. The van der Waals surface area contributed by atoms with Gasteiger partial charge in [-0.15, -0.1) is 0 Å². The molecule has 0 aliphatic rings. The van der Waals surface area contributed by atoms with Gasteiger partial charge >= 0.3 is 0 Å². The molecule has 124 valence electrons. The van der Waals surface area contributed by atoms with E-state index in [9.17, 15) is 8.60 Å². The number of hydrogen-bond donors (Lipinski definition) is 2. The van der Waals surface area contributed by atoms with Crippen LogP contribution in [0.4, 0.5) is 4.39 Å². The summed E-state index contributed by atoms with van der Waals surface area (Å²) in [4.78, 5) is 4.36. The van der Waals surface area contributed by atoms with Crippen LogP contribution in [0.5, 0.6) is 0 Å². The number of guanidine groups is 1. The molecule has 0 saturated heterocycles. The van der Waals surface area contributed by atoms with Crippen LogP contribution in [0.15, 0.2) is 29.3 Å². The van der Waals surface area contributed by atoms with Gasteiger partial charge in [0, 0.05) is 40.0 Å². The number of halogens is 1. The zero-order valence-electron chi connectivity index (χ0n) is 13.8. The number of rotatable bonds is 6. The van der Waals surface area contributed by atoms with Gasteiger partial charge in [0.15, 0.2) is 5.96 Å². The first-order chi connectivity index (χ1) is 10.3. The zero-order chi connectivity index (χ0) is 16.6. The molecule has 6 heteroatoms. The molecule has 1 aromatic carbocycles. The summed E-state index contributed by atoms with van der Waals surface area (Å²) >= 11 is 0. The Kier molecular flexibility index (Phi) is 7.51. The SMILES string of the molecule is CCNC(=NCc1ccccc1F)NCCS(=O)C(C)(C)C. The number of hydrogen-bond acceptors (Lipinski definition) is 2. The lowest BCUT2D eigenvalue weighted by Gasteiger charge is -2.18. The van der Waals surface area contributed by atoms with Crippen LogP contribution in [0.1, 0.15) is 33.3 Å². The van der Waals surface area contributed by atoms with Gasteiger partial charge in [-0.2, -0.15) is 0 Å². The molecule has 0 fully saturated rings. The Hall–Kier alpha value is -1.43. The smallest absolute Gasteiger partial charge is 0.191 e. The van der Waals surface area contributed by atoms with E-state index in [1.807, 2.05) is 27.7 Å². The van der Waals surface area contributed by atoms with E-state index in [2.05, 4.69) is 15.6 Å². The van der Waals surface area contributed by atoms with Crippen LogP contribution in [-0.2, 0) is 17.3 Å². The van der Waals surface area contributed by atoms with Crippen LogP contribution in [0.3, 0.4) is 0 Å². The van der Waals surface area contributed by atoms with Crippen molar-refractivity contribution in [3.05, 3.63) is 35.6 Å². The first-order valence-electron chi connectivity index (χ1n) is 7.48. The summed E-state index contributed by atoms with van der Waals surface area (Å²) in [5.41, 5.74) is 0.554. The fraction of sp³-hybridized carbons (Fsp3) is 0.562. The molecule has 0 heterocycles. The van der Waals surface area contributed by atoms with Crippen molar-refractivity contribution < 1.29 is 8.60 Å². The number of benzene rings is 1. The third-order valence-corrected chi connectivity index (χ3v) is 4.91. The van der Waals surface area contributed by atoms with Crippen LogP contribution in [0.25, 0.3) is 0 Å². The summed E-state index contributed by atoms with van der Waals surface area (Å²) in [5, 5.41) is 6.24. The molecule has 1 atom stereocenters. The fourth-order valence-corrected chi connectivity index (χ4v) is 2.60. The van der Waals surface area contributed by atoms with Crippen molar-refractivity contribution in [2.75, 3.05) is 18.8 Å². The molecule has 0 aliphatic carbocycles. The van der Waals surface area contributed by atoms with Crippen molar-refractivity contribution in [3.63, 3.8) is 0 Å². The van der Waals surface area contributed by atoms with E-state index in [-0.39, 0.29) is 17.1 Å². The lowest BCUT2D eigenvalue weighted by Crippen LogP contribution is -2.40. The highest BCUT2D eigenvalue weighted by atomic mass is 32.2. The second-order valence-electron chi connectivity index (χ2n) is 5.88. The monoisotopic (exact) mass is 327 g/mol. The Morgan fingerprint density at radius 2 is 1.95 bits per heavy atom. The van der Waals surface area contributed by atoms with E-state index in [1.165, 1.54) is 6.07 Å². The highest BCUT2D eigenvalue weighted by molar-refractivity contribution is 7.86. The van der Waals surface area contributed by atoms with E-state index in [4.69, 9.17) is 0 Å².